The summed E-state index contributed by atoms with van der Waals surface area (Å²) in [4.78, 5) is 27.3. The van der Waals surface area contributed by atoms with Gasteiger partial charge in [0.05, 0.1) is 17.8 Å². The van der Waals surface area contributed by atoms with Crippen LogP contribution < -0.4 is 10.9 Å². The average molecular weight is 595 g/mol. The van der Waals surface area contributed by atoms with Crippen LogP contribution in [0.2, 0.25) is 0 Å². The molecular weight excluding hydrogens is 560 g/mol. The van der Waals surface area contributed by atoms with Crippen molar-refractivity contribution in [2.24, 2.45) is 7.05 Å². The average Bonchev–Trinajstić information content (AvgIpc) is 3.98. The van der Waals surface area contributed by atoms with Crippen molar-refractivity contribution in [3.8, 4) is 40.5 Å². The number of aromatic amines is 1. The lowest BCUT2D eigenvalue weighted by molar-refractivity contribution is 0.206. The highest BCUT2D eigenvalue weighted by molar-refractivity contribution is 5.85. The fraction of sp³-hybridized carbons (Fsp3) is 0.361. The molecule has 9 nitrogen and oxygen atoms in total. The summed E-state index contributed by atoms with van der Waals surface area (Å²) in [5.74, 6) is 1.98. The molecule has 5 aromatic rings. The molecule has 0 atom stereocenters. The number of rotatable bonds is 8. The molecule has 3 fully saturated rings. The molecule has 9 heteroatoms. The number of nitrogens with zero attached hydrogens (tertiary/aromatic N) is 6. The van der Waals surface area contributed by atoms with Crippen molar-refractivity contribution in [1.82, 2.24) is 29.4 Å². The lowest BCUT2D eigenvalue weighted by Gasteiger charge is -2.39. The van der Waals surface area contributed by atoms with Crippen LogP contribution in [-0.2, 0) is 13.6 Å². The van der Waals surface area contributed by atoms with E-state index in [1.807, 2.05) is 24.4 Å². The van der Waals surface area contributed by atoms with Crippen molar-refractivity contribution in [3.05, 3.63) is 87.4 Å². The first-order valence-corrected chi connectivity index (χ1v) is 15.9. The Morgan fingerprint density at radius 3 is 2.51 bits per heavy atom. The third-order valence-corrected chi connectivity index (χ3v) is 9.94. The molecule has 0 spiro atoms. The van der Waals surface area contributed by atoms with Crippen LogP contribution in [-0.4, -0.2) is 29.6 Å². The van der Waals surface area contributed by atoms with E-state index in [9.17, 15) is 15.3 Å². The number of nitrogens with one attached hydrogen (secondary N) is 2. The number of benzene rings is 1. The van der Waals surface area contributed by atoms with Gasteiger partial charge in [-0.15, -0.1) is 0 Å². The van der Waals surface area contributed by atoms with Crippen molar-refractivity contribution in [2.75, 3.05) is 0 Å². The zero-order valence-corrected chi connectivity index (χ0v) is 25.5. The summed E-state index contributed by atoms with van der Waals surface area (Å²) in [6, 6.07) is 16.2. The van der Waals surface area contributed by atoms with Crippen molar-refractivity contribution >= 4 is 10.9 Å². The summed E-state index contributed by atoms with van der Waals surface area (Å²) < 4.78 is 3.47. The number of hydrogen-bond donors (Lipinski definition) is 2. The number of nitriles is 2. The Hall–Kier alpha value is -4.99. The van der Waals surface area contributed by atoms with E-state index in [4.69, 9.17) is 4.98 Å². The van der Waals surface area contributed by atoms with E-state index in [1.54, 1.807) is 28.4 Å². The topological polar surface area (TPSA) is 128 Å². The smallest absolute Gasteiger partial charge is 0.280 e. The molecule has 45 heavy (non-hydrogen) atoms. The van der Waals surface area contributed by atoms with Gasteiger partial charge in [-0.05, 0) is 105 Å². The van der Waals surface area contributed by atoms with Gasteiger partial charge in [0.15, 0.2) is 0 Å². The quantitative estimate of drug-likeness (QED) is 0.217. The Labute approximate surface area is 261 Å². The number of hydrogen-bond acceptors (Lipinski definition) is 6. The number of pyridine rings is 2. The molecule has 1 aromatic carbocycles. The summed E-state index contributed by atoms with van der Waals surface area (Å²) in [6.07, 6.45) is 11.5. The van der Waals surface area contributed by atoms with Gasteiger partial charge in [0.1, 0.15) is 28.9 Å². The maximum absolute atomic E-state index is 14.2. The fourth-order valence-corrected chi connectivity index (χ4v) is 6.69. The lowest BCUT2D eigenvalue weighted by atomic mass is 9.78. The van der Waals surface area contributed by atoms with Crippen LogP contribution >= 0.6 is 0 Å². The predicted molar refractivity (Wildman–Crippen MR) is 172 cm³/mol. The van der Waals surface area contributed by atoms with E-state index in [0.717, 1.165) is 59.1 Å². The monoisotopic (exact) mass is 594 g/mol. The number of H-pyrrole nitrogens is 1. The molecule has 3 saturated carbocycles. The summed E-state index contributed by atoms with van der Waals surface area (Å²) in [6.45, 7) is 2.98. The van der Waals surface area contributed by atoms with Crippen LogP contribution in [0.5, 0.6) is 0 Å². The van der Waals surface area contributed by atoms with E-state index < -0.39 is 0 Å². The molecule has 3 aliphatic rings. The van der Waals surface area contributed by atoms with Crippen LogP contribution in [0.3, 0.4) is 0 Å². The van der Waals surface area contributed by atoms with Gasteiger partial charge in [-0.25, -0.2) is 9.97 Å². The van der Waals surface area contributed by atoms with Gasteiger partial charge in [0.25, 0.3) is 5.56 Å². The normalized spacial score (nSPS) is 17.2. The Bertz CT molecular complexity index is 2140. The van der Waals surface area contributed by atoms with Crippen LogP contribution in [0, 0.1) is 22.7 Å². The van der Waals surface area contributed by atoms with Gasteiger partial charge >= 0.3 is 0 Å². The Balaban J connectivity index is 1.28. The lowest BCUT2D eigenvalue weighted by Crippen LogP contribution is -2.47. The minimum Gasteiger partial charge on any atom is -0.353 e. The zero-order valence-electron chi connectivity index (χ0n) is 25.5. The fourth-order valence-electron chi connectivity index (χ4n) is 6.69. The summed E-state index contributed by atoms with van der Waals surface area (Å²) in [5, 5.41) is 24.0. The van der Waals surface area contributed by atoms with E-state index in [0.29, 0.717) is 46.8 Å². The minimum absolute atomic E-state index is 0.107. The van der Waals surface area contributed by atoms with Gasteiger partial charge in [-0.1, -0.05) is 6.07 Å². The van der Waals surface area contributed by atoms with Gasteiger partial charge < -0.3 is 14.9 Å². The van der Waals surface area contributed by atoms with Gasteiger partial charge in [0.2, 0.25) is 0 Å². The highest BCUT2D eigenvalue weighted by Crippen LogP contribution is 2.44. The predicted octanol–water partition coefficient (Wildman–Crippen LogP) is 6.31. The third kappa shape index (κ3) is 4.85. The second-order valence-corrected chi connectivity index (χ2v) is 13.3. The molecule has 0 saturated heterocycles. The third-order valence-electron chi connectivity index (χ3n) is 9.94. The van der Waals surface area contributed by atoms with Crippen molar-refractivity contribution < 1.29 is 0 Å². The van der Waals surface area contributed by atoms with Gasteiger partial charge in [-0.2, -0.15) is 10.5 Å². The molecular formula is C36H34N8O. The highest BCUT2D eigenvalue weighted by atomic mass is 16.1. The van der Waals surface area contributed by atoms with Crippen molar-refractivity contribution in [3.63, 3.8) is 0 Å². The van der Waals surface area contributed by atoms with E-state index in [2.05, 4.69) is 46.5 Å². The second kappa shape index (κ2) is 10.3. The molecule has 224 valence electrons. The first-order valence-electron chi connectivity index (χ1n) is 15.9. The maximum Gasteiger partial charge on any atom is 0.280 e. The Kier molecular flexibility index (Phi) is 6.30. The van der Waals surface area contributed by atoms with Gasteiger partial charge in [-0.3, -0.25) is 9.36 Å². The molecule has 0 aliphatic heterocycles. The van der Waals surface area contributed by atoms with Crippen LogP contribution in [0.4, 0.5) is 0 Å². The summed E-state index contributed by atoms with van der Waals surface area (Å²) in [7, 11) is 1.80. The van der Waals surface area contributed by atoms with Crippen molar-refractivity contribution in [1.29, 1.82) is 10.5 Å². The van der Waals surface area contributed by atoms with Crippen LogP contribution in [0.25, 0.3) is 39.2 Å². The number of aromatic nitrogens is 5. The second-order valence-electron chi connectivity index (χ2n) is 13.3. The molecule has 0 bridgehead atoms. The van der Waals surface area contributed by atoms with E-state index in [1.165, 1.54) is 24.8 Å². The molecule has 2 N–H and O–H groups in total. The molecule has 4 heterocycles. The molecule has 0 unspecified atom stereocenters. The molecule has 4 aromatic heterocycles. The number of imidazole rings is 1. The minimum atomic E-state index is -0.107. The van der Waals surface area contributed by atoms with Gasteiger partial charge in [0, 0.05) is 53.6 Å². The van der Waals surface area contributed by atoms with Crippen LogP contribution in [0.15, 0.2) is 53.6 Å². The van der Waals surface area contributed by atoms with Crippen molar-refractivity contribution in [2.45, 2.75) is 75.8 Å². The Morgan fingerprint density at radius 2 is 1.84 bits per heavy atom. The van der Waals surface area contributed by atoms with Crippen LogP contribution in [0.1, 0.15) is 91.9 Å². The first-order chi connectivity index (χ1) is 21.8. The molecule has 3 aliphatic carbocycles. The summed E-state index contributed by atoms with van der Waals surface area (Å²) in [5.41, 5.74) is 7.34. The largest absolute Gasteiger partial charge is 0.353 e. The van der Waals surface area contributed by atoms with E-state index >= 15 is 0 Å². The molecule has 8 rings (SSSR count). The summed E-state index contributed by atoms with van der Waals surface area (Å²) >= 11 is 0. The molecule has 0 radical (unpaired) electrons. The van der Waals surface area contributed by atoms with E-state index in [-0.39, 0.29) is 11.1 Å². The maximum atomic E-state index is 14.2. The number of fused-ring (bicyclic) bond motifs is 1. The zero-order chi connectivity index (χ0) is 30.9. The standard InChI is InChI=1S/C36H34N8O/c1-36(10-3-11-36)40-18-25-15-28-30(22-5-6-22)20-44(35(45)33(28)41-25)32-14-24(13-31(42-32)23-7-8-23)27-9-4-21(16-37)12-29(27)34-39-19-26(17-38)43(34)2/h4,9,12-15,19-20,22-23,40-41H,3,5-8,10-11,18H2,1-2H3. The Morgan fingerprint density at radius 1 is 1.04 bits per heavy atom. The highest BCUT2D eigenvalue weighted by Gasteiger charge is 2.32. The first kappa shape index (κ1) is 27.6. The molecule has 0 amide bonds. The SMILES string of the molecule is Cn1c(C#N)cnc1-c1cc(C#N)ccc1-c1cc(C2CC2)nc(-n2cc(C3CC3)c3cc(CNC4(C)CCC4)[nH]c3c2=O)c1.